The monoisotopic (exact) mass is 201 g/mol. The summed E-state index contributed by atoms with van der Waals surface area (Å²) in [6, 6.07) is 0. The van der Waals surface area contributed by atoms with Crippen LogP contribution in [0.2, 0.25) is 0 Å². The average molecular weight is 201 g/mol. The lowest BCUT2D eigenvalue weighted by atomic mass is 10.0. The number of carboxylic acid groups (broad SMARTS) is 1. The van der Waals surface area contributed by atoms with Gasteiger partial charge in [0.15, 0.2) is 0 Å². The van der Waals surface area contributed by atoms with Crippen LogP contribution in [0.1, 0.15) is 19.3 Å². The smallest absolute Gasteiger partial charge is 0.409 e. The summed E-state index contributed by atoms with van der Waals surface area (Å²) < 4.78 is 4.57. The highest BCUT2D eigenvalue weighted by molar-refractivity contribution is 5.72. The second-order valence-corrected chi connectivity index (χ2v) is 3.45. The molecule has 0 bridgehead atoms. The fourth-order valence-corrected chi connectivity index (χ4v) is 1.64. The molecule has 1 aliphatic rings. The molecule has 0 saturated carbocycles. The number of methoxy groups -OCH3 is 1. The molecule has 1 saturated heterocycles. The molecule has 1 heterocycles. The Balaban J connectivity index is 2.59. The van der Waals surface area contributed by atoms with E-state index in [2.05, 4.69) is 4.74 Å². The van der Waals surface area contributed by atoms with E-state index >= 15 is 0 Å². The second kappa shape index (κ2) is 4.83. The maximum Gasteiger partial charge on any atom is 0.409 e. The summed E-state index contributed by atoms with van der Waals surface area (Å²) in [5, 5.41) is 8.86. The third-order valence-electron chi connectivity index (χ3n) is 2.45. The normalized spacial score (nSPS) is 22.6. The van der Waals surface area contributed by atoms with Gasteiger partial charge in [0, 0.05) is 13.1 Å². The molecule has 1 N–H and O–H groups in total. The predicted molar refractivity (Wildman–Crippen MR) is 49.0 cm³/mol. The molecule has 80 valence electrons. The number of rotatable bonds is 1. The molecule has 14 heavy (non-hydrogen) atoms. The van der Waals surface area contributed by atoms with Gasteiger partial charge in [0.25, 0.3) is 0 Å². The molecule has 5 heteroatoms. The van der Waals surface area contributed by atoms with Crippen LogP contribution in [0.4, 0.5) is 4.79 Å². The lowest BCUT2D eigenvalue weighted by Gasteiger charge is -2.20. The first kappa shape index (κ1) is 10.8. The van der Waals surface area contributed by atoms with Crippen LogP contribution in [0.3, 0.4) is 0 Å². The van der Waals surface area contributed by atoms with Crippen LogP contribution in [0.15, 0.2) is 0 Å². The summed E-state index contributed by atoms with van der Waals surface area (Å²) in [7, 11) is 1.31. The van der Waals surface area contributed by atoms with Crippen molar-refractivity contribution in [1.82, 2.24) is 4.90 Å². The third kappa shape index (κ3) is 2.61. The van der Waals surface area contributed by atoms with Crippen molar-refractivity contribution in [3.8, 4) is 0 Å². The van der Waals surface area contributed by atoms with E-state index < -0.39 is 18.0 Å². The summed E-state index contributed by atoms with van der Waals surface area (Å²) in [4.78, 5) is 23.4. The zero-order valence-electron chi connectivity index (χ0n) is 8.23. The van der Waals surface area contributed by atoms with Crippen LogP contribution in [0.5, 0.6) is 0 Å². The number of hydrogen-bond donors (Lipinski definition) is 1. The number of nitrogens with zero attached hydrogens (tertiary/aromatic N) is 1. The van der Waals surface area contributed by atoms with E-state index in [1.807, 2.05) is 0 Å². The molecular formula is C9H15NO4. The van der Waals surface area contributed by atoms with Crippen molar-refractivity contribution in [2.24, 2.45) is 5.92 Å². The maximum atomic E-state index is 11.2. The molecule has 0 aliphatic carbocycles. The summed E-state index contributed by atoms with van der Waals surface area (Å²) >= 11 is 0. The van der Waals surface area contributed by atoms with E-state index in [0.717, 1.165) is 12.8 Å². The van der Waals surface area contributed by atoms with Crippen LogP contribution in [-0.2, 0) is 9.53 Å². The molecule has 1 amide bonds. The van der Waals surface area contributed by atoms with Crippen molar-refractivity contribution < 1.29 is 19.4 Å². The van der Waals surface area contributed by atoms with Crippen molar-refractivity contribution in [3.05, 3.63) is 0 Å². The summed E-state index contributed by atoms with van der Waals surface area (Å²) in [6.45, 7) is 0.860. The molecule has 0 radical (unpaired) electrons. The summed E-state index contributed by atoms with van der Waals surface area (Å²) in [5.74, 6) is -1.28. The van der Waals surface area contributed by atoms with Crippen molar-refractivity contribution in [2.45, 2.75) is 19.3 Å². The average Bonchev–Trinajstić information content (AvgIpc) is 2.41. The Labute approximate surface area is 82.6 Å². The van der Waals surface area contributed by atoms with Gasteiger partial charge in [-0.1, -0.05) is 6.42 Å². The largest absolute Gasteiger partial charge is 0.481 e. The molecule has 5 nitrogen and oxygen atoms in total. The number of likely N-dealkylation sites (tertiary alicyclic amines) is 1. The predicted octanol–water partition coefficient (Wildman–Crippen LogP) is 0.940. The van der Waals surface area contributed by atoms with E-state index in [4.69, 9.17) is 5.11 Å². The second-order valence-electron chi connectivity index (χ2n) is 3.45. The Bertz CT molecular complexity index is 229. The molecule has 1 unspecified atom stereocenters. The van der Waals surface area contributed by atoms with E-state index in [1.165, 1.54) is 12.0 Å². The van der Waals surface area contributed by atoms with Crippen LogP contribution >= 0.6 is 0 Å². The number of ether oxygens (including phenoxy) is 1. The quantitative estimate of drug-likeness (QED) is 0.685. The molecule has 1 rings (SSSR count). The Morgan fingerprint density at radius 1 is 1.43 bits per heavy atom. The van der Waals surface area contributed by atoms with Crippen molar-refractivity contribution >= 4 is 12.1 Å². The van der Waals surface area contributed by atoms with E-state index in [9.17, 15) is 9.59 Å². The van der Waals surface area contributed by atoms with Crippen molar-refractivity contribution in [2.75, 3.05) is 20.2 Å². The van der Waals surface area contributed by atoms with Gasteiger partial charge < -0.3 is 14.7 Å². The van der Waals surface area contributed by atoms with Crippen LogP contribution < -0.4 is 0 Å². The summed E-state index contributed by atoms with van der Waals surface area (Å²) in [6.07, 6.45) is 1.91. The van der Waals surface area contributed by atoms with Gasteiger partial charge in [-0.2, -0.15) is 0 Å². The van der Waals surface area contributed by atoms with Gasteiger partial charge in [-0.15, -0.1) is 0 Å². The Hall–Kier alpha value is -1.26. The van der Waals surface area contributed by atoms with Crippen LogP contribution in [0.25, 0.3) is 0 Å². The minimum absolute atomic E-state index is 0.266. The zero-order valence-corrected chi connectivity index (χ0v) is 8.23. The Morgan fingerprint density at radius 3 is 2.71 bits per heavy atom. The van der Waals surface area contributed by atoms with Crippen molar-refractivity contribution in [3.63, 3.8) is 0 Å². The highest BCUT2D eigenvalue weighted by Crippen LogP contribution is 2.17. The lowest BCUT2D eigenvalue weighted by molar-refractivity contribution is -0.142. The number of hydrogen-bond acceptors (Lipinski definition) is 3. The van der Waals surface area contributed by atoms with E-state index in [1.54, 1.807) is 0 Å². The lowest BCUT2D eigenvalue weighted by Crippen LogP contribution is -2.36. The van der Waals surface area contributed by atoms with Gasteiger partial charge in [0.1, 0.15) is 0 Å². The van der Waals surface area contributed by atoms with Gasteiger partial charge >= 0.3 is 12.1 Å². The van der Waals surface area contributed by atoms with E-state index in [-0.39, 0.29) is 6.54 Å². The van der Waals surface area contributed by atoms with Crippen LogP contribution in [-0.4, -0.2) is 42.3 Å². The molecule has 1 aliphatic heterocycles. The maximum absolute atomic E-state index is 11.2. The number of carbonyl (C=O) groups excluding carboxylic acids is 1. The Morgan fingerprint density at radius 2 is 2.14 bits per heavy atom. The van der Waals surface area contributed by atoms with Crippen LogP contribution in [0, 0.1) is 5.92 Å². The molecule has 1 atom stereocenters. The Kier molecular flexibility index (Phi) is 3.73. The topological polar surface area (TPSA) is 66.8 Å². The standard InChI is InChI=1S/C9H15NO4/c1-14-9(13)10-5-3-2-4-7(6-10)8(11)12/h7H,2-6H2,1H3,(H,11,12). The molecule has 0 aromatic carbocycles. The van der Waals surface area contributed by atoms with Gasteiger partial charge in [0.2, 0.25) is 0 Å². The first-order chi connectivity index (χ1) is 6.65. The zero-order chi connectivity index (χ0) is 10.6. The van der Waals surface area contributed by atoms with Gasteiger partial charge in [0.05, 0.1) is 13.0 Å². The fraction of sp³-hybridized carbons (Fsp3) is 0.778. The number of amides is 1. The van der Waals surface area contributed by atoms with E-state index in [0.29, 0.717) is 13.0 Å². The molecule has 1 fully saturated rings. The molecule has 0 aromatic heterocycles. The number of carboxylic acids is 1. The molecule has 0 spiro atoms. The number of aliphatic carboxylic acids is 1. The minimum Gasteiger partial charge on any atom is -0.481 e. The third-order valence-corrected chi connectivity index (χ3v) is 2.45. The molecule has 0 aromatic rings. The SMILES string of the molecule is COC(=O)N1CCCCC(C(=O)O)C1. The number of carbonyl (C=O) groups is 2. The van der Waals surface area contributed by atoms with Crippen molar-refractivity contribution in [1.29, 1.82) is 0 Å². The van der Waals surface area contributed by atoms with Gasteiger partial charge in [-0.05, 0) is 12.8 Å². The first-order valence-electron chi connectivity index (χ1n) is 4.71. The summed E-state index contributed by atoms with van der Waals surface area (Å²) in [5.41, 5.74) is 0. The molecular weight excluding hydrogens is 186 g/mol. The highest BCUT2D eigenvalue weighted by atomic mass is 16.5. The highest BCUT2D eigenvalue weighted by Gasteiger charge is 2.26. The fourth-order valence-electron chi connectivity index (χ4n) is 1.64. The first-order valence-corrected chi connectivity index (χ1v) is 4.71. The minimum atomic E-state index is -0.833. The van der Waals surface area contributed by atoms with Gasteiger partial charge in [-0.25, -0.2) is 4.79 Å². The van der Waals surface area contributed by atoms with Gasteiger partial charge in [-0.3, -0.25) is 4.79 Å².